The molecular formula is C12H17N3S. The lowest BCUT2D eigenvalue weighted by atomic mass is 10.2. The van der Waals surface area contributed by atoms with Gasteiger partial charge in [-0.2, -0.15) is 11.8 Å². The van der Waals surface area contributed by atoms with E-state index in [0.717, 1.165) is 29.0 Å². The summed E-state index contributed by atoms with van der Waals surface area (Å²) in [5, 5.41) is 0. The molecule has 3 N–H and O–H groups in total. The van der Waals surface area contributed by atoms with Gasteiger partial charge in [-0.1, -0.05) is 12.1 Å². The van der Waals surface area contributed by atoms with Crippen LogP contribution in [-0.2, 0) is 0 Å². The first-order valence-corrected chi connectivity index (χ1v) is 6.81. The van der Waals surface area contributed by atoms with Crippen molar-refractivity contribution in [3.63, 3.8) is 0 Å². The minimum absolute atomic E-state index is 0.0132. The van der Waals surface area contributed by atoms with Crippen LogP contribution in [0.2, 0.25) is 0 Å². The Bertz CT molecular complexity index is 478. The maximum atomic E-state index is 6.09. The lowest BCUT2D eigenvalue weighted by Gasteiger charge is -2.06. The number of aromatic nitrogens is 2. The van der Waals surface area contributed by atoms with E-state index in [-0.39, 0.29) is 6.04 Å². The molecule has 0 bridgehead atoms. The average Bonchev–Trinajstić information content (AvgIpc) is 2.71. The molecule has 0 radical (unpaired) electrons. The van der Waals surface area contributed by atoms with Crippen LogP contribution in [0, 0.1) is 6.92 Å². The van der Waals surface area contributed by atoms with E-state index in [4.69, 9.17) is 5.73 Å². The first kappa shape index (κ1) is 11.5. The summed E-state index contributed by atoms with van der Waals surface area (Å²) in [4.78, 5) is 7.87. The molecule has 16 heavy (non-hydrogen) atoms. The van der Waals surface area contributed by atoms with Crippen molar-refractivity contribution in [2.24, 2.45) is 5.73 Å². The van der Waals surface area contributed by atoms with Crippen LogP contribution in [0.25, 0.3) is 11.0 Å². The Kier molecular flexibility index (Phi) is 3.51. The van der Waals surface area contributed by atoms with E-state index in [0.29, 0.717) is 0 Å². The fraction of sp³-hybridized carbons (Fsp3) is 0.417. The van der Waals surface area contributed by atoms with E-state index in [1.165, 1.54) is 5.56 Å². The number of para-hydroxylation sites is 1. The summed E-state index contributed by atoms with van der Waals surface area (Å²) in [6.07, 6.45) is 3.05. The van der Waals surface area contributed by atoms with Crippen LogP contribution in [0.15, 0.2) is 18.2 Å². The highest BCUT2D eigenvalue weighted by atomic mass is 32.2. The molecule has 1 aromatic carbocycles. The highest BCUT2D eigenvalue weighted by Crippen LogP contribution is 2.20. The second-order valence-electron chi connectivity index (χ2n) is 3.98. The van der Waals surface area contributed by atoms with Crippen molar-refractivity contribution < 1.29 is 0 Å². The number of imidazole rings is 1. The monoisotopic (exact) mass is 235 g/mol. The van der Waals surface area contributed by atoms with Crippen molar-refractivity contribution in [2.45, 2.75) is 19.4 Å². The van der Waals surface area contributed by atoms with Crippen LogP contribution in [0.4, 0.5) is 0 Å². The molecule has 0 aliphatic carbocycles. The SMILES string of the molecule is CSCCC(N)c1nc2c(C)cccc2[nH]1. The normalized spacial score (nSPS) is 13.2. The van der Waals surface area contributed by atoms with Gasteiger partial charge in [-0.15, -0.1) is 0 Å². The number of nitrogens with two attached hydrogens (primary N) is 1. The van der Waals surface area contributed by atoms with Gasteiger partial charge in [0.25, 0.3) is 0 Å². The van der Waals surface area contributed by atoms with E-state index in [1.54, 1.807) is 0 Å². The smallest absolute Gasteiger partial charge is 0.124 e. The summed E-state index contributed by atoms with van der Waals surface area (Å²) in [7, 11) is 0. The molecule has 2 rings (SSSR count). The Hall–Kier alpha value is -1.00. The Morgan fingerprint density at radius 1 is 1.50 bits per heavy atom. The summed E-state index contributed by atoms with van der Waals surface area (Å²) in [6, 6.07) is 6.16. The van der Waals surface area contributed by atoms with E-state index < -0.39 is 0 Å². The van der Waals surface area contributed by atoms with Gasteiger partial charge in [-0.05, 0) is 37.0 Å². The summed E-state index contributed by atoms with van der Waals surface area (Å²) >= 11 is 1.81. The number of aryl methyl sites for hydroxylation is 1. The minimum Gasteiger partial charge on any atom is -0.341 e. The number of aromatic amines is 1. The number of nitrogens with zero attached hydrogens (tertiary/aromatic N) is 1. The zero-order valence-electron chi connectivity index (χ0n) is 9.66. The predicted molar refractivity (Wildman–Crippen MR) is 70.8 cm³/mol. The highest BCUT2D eigenvalue weighted by molar-refractivity contribution is 7.98. The number of H-pyrrole nitrogens is 1. The van der Waals surface area contributed by atoms with Gasteiger partial charge in [0.2, 0.25) is 0 Å². The fourth-order valence-corrected chi connectivity index (χ4v) is 2.24. The van der Waals surface area contributed by atoms with Crippen molar-refractivity contribution in [1.82, 2.24) is 9.97 Å². The quantitative estimate of drug-likeness (QED) is 0.856. The molecule has 0 saturated heterocycles. The minimum atomic E-state index is 0.0132. The van der Waals surface area contributed by atoms with Crippen LogP contribution >= 0.6 is 11.8 Å². The fourth-order valence-electron chi connectivity index (χ4n) is 1.75. The summed E-state index contributed by atoms with van der Waals surface area (Å²) < 4.78 is 0. The molecule has 1 aromatic heterocycles. The number of hydrogen-bond acceptors (Lipinski definition) is 3. The van der Waals surface area contributed by atoms with E-state index in [1.807, 2.05) is 23.9 Å². The molecule has 0 spiro atoms. The average molecular weight is 235 g/mol. The Labute approximate surface area is 99.8 Å². The summed E-state index contributed by atoms with van der Waals surface area (Å²) in [6.45, 7) is 2.07. The highest BCUT2D eigenvalue weighted by Gasteiger charge is 2.11. The van der Waals surface area contributed by atoms with Gasteiger partial charge in [-0.3, -0.25) is 0 Å². The second-order valence-corrected chi connectivity index (χ2v) is 4.97. The van der Waals surface area contributed by atoms with E-state index >= 15 is 0 Å². The number of thioether (sulfide) groups is 1. The molecule has 1 atom stereocenters. The van der Waals surface area contributed by atoms with Gasteiger partial charge in [-0.25, -0.2) is 4.98 Å². The topological polar surface area (TPSA) is 54.7 Å². The molecule has 2 aromatic rings. The van der Waals surface area contributed by atoms with Gasteiger partial charge >= 0.3 is 0 Å². The largest absolute Gasteiger partial charge is 0.341 e. The Balaban J connectivity index is 2.29. The lowest BCUT2D eigenvalue weighted by Crippen LogP contribution is -2.12. The molecule has 4 heteroatoms. The molecule has 1 heterocycles. The molecule has 0 fully saturated rings. The van der Waals surface area contributed by atoms with Crippen molar-refractivity contribution in [3.8, 4) is 0 Å². The third kappa shape index (κ3) is 2.23. The molecule has 0 aliphatic heterocycles. The lowest BCUT2D eigenvalue weighted by molar-refractivity contribution is 0.666. The van der Waals surface area contributed by atoms with E-state index in [2.05, 4.69) is 29.2 Å². The van der Waals surface area contributed by atoms with Crippen LogP contribution in [0.5, 0.6) is 0 Å². The van der Waals surface area contributed by atoms with Crippen LogP contribution in [-0.4, -0.2) is 22.0 Å². The second kappa shape index (κ2) is 4.89. The molecule has 1 unspecified atom stereocenters. The molecule has 0 aliphatic rings. The zero-order chi connectivity index (χ0) is 11.5. The van der Waals surface area contributed by atoms with Crippen molar-refractivity contribution >= 4 is 22.8 Å². The number of hydrogen-bond donors (Lipinski definition) is 2. The first-order chi connectivity index (χ1) is 7.72. The van der Waals surface area contributed by atoms with Gasteiger partial charge in [0.05, 0.1) is 17.1 Å². The molecule has 3 nitrogen and oxygen atoms in total. The van der Waals surface area contributed by atoms with Crippen molar-refractivity contribution in [1.29, 1.82) is 0 Å². The third-order valence-corrected chi connectivity index (χ3v) is 3.36. The predicted octanol–water partition coefficient (Wildman–Crippen LogP) is 2.62. The van der Waals surface area contributed by atoms with E-state index in [9.17, 15) is 0 Å². The number of nitrogens with one attached hydrogen (secondary N) is 1. The first-order valence-electron chi connectivity index (χ1n) is 5.42. The van der Waals surface area contributed by atoms with Gasteiger partial charge in [0.15, 0.2) is 0 Å². The molecule has 0 amide bonds. The summed E-state index contributed by atoms with van der Waals surface area (Å²) in [5.41, 5.74) is 9.40. The van der Waals surface area contributed by atoms with Crippen LogP contribution < -0.4 is 5.73 Å². The van der Waals surface area contributed by atoms with Crippen LogP contribution in [0.3, 0.4) is 0 Å². The zero-order valence-corrected chi connectivity index (χ0v) is 10.5. The van der Waals surface area contributed by atoms with Crippen molar-refractivity contribution in [2.75, 3.05) is 12.0 Å². The van der Waals surface area contributed by atoms with Crippen LogP contribution in [0.1, 0.15) is 23.9 Å². The van der Waals surface area contributed by atoms with Gasteiger partial charge in [0, 0.05) is 0 Å². The summed E-state index contributed by atoms with van der Waals surface area (Å²) in [5.74, 6) is 1.97. The third-order valence-electron chi connectivity index (χ3n) is 2.72. The van der Waals surface area contributed by atoms with Gasteiger partial charge < -0.3 is 10.7 Å². The standard InChI is InChI=1S/C12H17N3S/c1-8-4-3-5-10-11(8)15-12(14-10)9(13)6-7-16-2/h3-5,9H,6-7,13H2,1-2H3,(H,14,15). The van der Waals surface area contributed by atoms with Crippen molar-refractivity contribution in [3.05, 3.63) is 29.6 Å². The maximum absolute atomic E-state index is 6.09. The number of rotatable bonds is 4. The maximum Gasteiger partial charge on any atom is 0.124 e. The Morgan fingerprint density at radius 2 is 2.31 bits per heavy atom. The Morgan fingerprint density at radius 3 is 3.00 bits per heavy atom. The number of benzene rings is 1. The van der Waals surface area contributed by atoms with Gasteiger partial charge in [0.1, 0.15) is 5.82 Å². The number of fused-ring (bicyclic) bond motifs is 1. The molecule has 86 valence electrons. The molecular weight excluding hydrogens is 218 g/mol. The molecule has 0 saturated carbocycles.